The first-order valence-electron chi connectivity index (χ1n) is 9.05. The van der Waals surface area contributed by atoms with Crippen LogP contribution < -0.4 is 20.1 Å². The molecule has 1 aliphatic heterocycles. The molecular formula is C20H21Cl2FN4O2. The number of nitrogens with one attached hydrogen (secondary N) is 2. The van der Waals surface area contributed by atoms with Gasteiger partial charge >= 0.3 is 0 Å². The molecule has 2 heterocycles. The number of benzene rings is 2. The summed E-state index contributed by atoms with van der Waals surface area (Å²) in [6.45, 7) is 1.55. The Balaban J connectivity index is 0.00000240. The van der Waals surface area contributed by atoms with Gasteiger partial charge in [-0.1, -0.05) is 17.7 Å². The molecule has 0 radical (unpaired) electrons. The number of nitrogens with zero attached hydrogens (tertiary/aromatic N) is 2. The second-order valence-corrected chi connectivity index (χ2v) is 6.98. The van der Waals surface area contributed by atoms with E-state index in [0.29, 0.717) is 40.9 Å². The summed E-state index contributed by atoms with van der Waals surface area (Å²) in [6, 6.07) is 8.69. The van der Waals surface area contributed by atoms with Crippen molar-refractivity contribution in [1.29, 1.82) is 0 Å². The van der Waals surface area contributed by atoms with Crippen molar-refractivity contribution in [3.8, 4) is 11.5 Å². The molecule has 0 spiro atoms. The van der Waals surface area contributed by atoms with Gasteiger partial charge in [0.1, 0.15) is 18.8 Å². The molecule has 154 valence electrons. The first-order valence-corrected chi connectivity index (χ1v) is 9.43. The normalized spacial score (nSPS) is 15.8. The van der Waals surface area contributed by atoms with E-state index in [1.807, 2.05) is 6.07 Å². The molecule has 0 amide bonds. The molecule has 4 rings (SSSR count). The summed E-state index contributed by atoms with van der Waals surface area (Å²) in [5, 5.41) is 7.13. The van der Waals surface area contributed by atoms with Crippen molar-refractivity contribution < 1.29 is 13.9 Å². The number of aromatic nitrogens is 2. The van der Waals surface area contributed by atoms with Crippen LogP contribution in [-0.4, -0.2) is 36.3 Å². The van der Waals surface area contributed by atoms with E-state index in [1.54, 1.807) is 25.3 Å². The maximum atomic E-state index is 14.3. The third-order valence-electron chi connectivity index (χ3n) is 4.73. The van der Waals surface area contributed by atoms with E-state index in [9.17, 15) is 4.39 Å². The molecule has 2 N–H and O–H groups in total. The number of hydrogen-bond donors (Lipinski definition) is 2. The van der Waals surface area contributed by atoms with Gasteiger partial charge in [0.15, 0.2) is 17.3 Å². The fourth-order valence-electron chi connectivity index (χ4n) is 3.25. The largest absolute Gasteiger partial charge is 0.493 e. The van der Waals surface area contributed by atoms with Crippen LogP contribution in [0.2, 0.25) is 5.02 Å². The lowest BCUT2D eigenvalue weighted by molar-refractivity contribution is 0.263. The van der Waals surface area contributed by atoms with Gasteiger partial charge in [0.05, 0.1) is 23.3 Å². The summed E-state index contributed by atoms with van der Waals surface area (Å²) in [7, 11) is 1.59. The molecule has 0 saturated carbocycles. The highest BCUT2D eigenvalue weighted by Gasteiger charge is 2.17. The zero-order valence-electron chi connectivity index (χ0n) is 15.7. The third kappa shape index (κ3) is 4.63. The summed E-state index contributed by atoms with van der Waals surface area (Å²) in [4.78, 5) is 8.56. The summed E-state index contributed by atoms with van der Waals surface area (Å²) >= 11 is 5.88. The van der Waals surface area contributed by atoms with Gasteiger partial charge in [0, 0.05) is 17.5 Å². The fourth-order valence-corrected chi connectivity index (χ4v) is 3.43. The number of halogens is 3. The SMILES string of the molecule is COc1cc2ncnc(Nc3cccc(Cl)c3F)c2cc1OC[C@H]1CCCN1.Cl. The van der Waals surface area contributed by atoms with Crippen LogP contribution in [-0.2, 0) is 0 Å². The van der Waals surface area contributed by atoms with Gasteiger partial charge in [0.2, 0.25) is 0 Å². The maximum Gasteiger partial charge on any atom is 0.165 e. The van der Waals surface area contributed by atoms with E-state index in [0.717, 1.165) is 19.4 Å². The van der Waals surface area contributed by atoms with Crippen molar-refractivity contribution >= 4 is 46.4 Å². The fraction of sp³-hybridized carbons (Fsp3) is 0.300. The van der Waals surface area contributed by atoms with E-state index in [-0.39, 0.29) is 23.1 Å². The minimum absolute atomic E-state index is 0. The third-order valence-corrected chi connectivity index (χ3v) is 5.02. The summed E-state index contributed by atoms with van der Waals surface area (Å²) in [5.41, 5.74) is 0.893. The van der Waals surface area contributed by atoms with Gasteiger partial charge in [-0.2, -0.15) is 0 Å². The second-order valence-electron chi connectivity index (χ2n) is 6.57. The Hall–Kier alpha value is -2.35. The van der Waals surface area contributed by atoms with Crippen LogP contribution in [0.4, 0.5) is 15.9 Å². The molecule has 6 nitrogen and oxygen atoms in total. The average Bonchev–Trinajstić information content (AvgIpc) is 3.23. The molecule has 9 heteroatoms. The van der Waals surface area contributed by atoms with Crippen LogP contribution in [0.3, 0.4) is 0 Å². The first-order chi connectivity index (χ1) is 13.7. The monoisotopic (exact) mass is 438 g/mol. The Morgan fingerprint density at radius 3 is 2.90 bits per heavy atom. The molecule has 2 aromatic carbocycles. The van der Waals surface area contributed by atoms with Crippen molar-refractivity contribution in [2.75, 3.05) is 25.6 Å². The van der Waals surface area contributed by atoms with E-state index < -0.39 is 5.82 Å². The van der Waals surface area contributed by atoms with Crippen molar-refractivity contribution in [3.05, 3.63) is 47.5 Å². The van der Waals surface area contributed by atoms with Gasteiger partial charge < -0.3 is 20.1 Å². The lowest BCUT2D eigenvalue weighted by Gasteiger charge is -2.16. The van der Waals surface area contributed by atoms with Gasteiger partial charge in [-0.05, 0) is 37.6 Å². The Morgan fingerprint density at radius 1 is 1.28 bits per heavy atom. The molecule has 3 aromatic rings. The molecule has 1 atom stereocenters. The Labute approximate surface area is 179 Å². The summed E-state index contributed by atoms with van der Waals surface area (Å²) < 4.78 is 25.7. The minimum atomic E-state index is -0.534. The number of fused-ring (bicyclic) bond motifs is 1. The predicted molar refractivity (Wildman–Crippen MR) is 115 cm³/mol. The molecule has 1 aromatic heterocycles. The number of methoxy groups -OCH3 is 1. The standard InChI is InChI=1S/C20H20ClFN4O2.ClH/c1-27-17-9-16-13(8-18(17)28-10-12-4-3-7-23-12)20(25-11-24-16)26-15-6-2-5-14(21)19(15)22;/h2,5-6,8-9,11-12,23H,3-4,7,10H2,1H3,(H,24,25,26);1H/t12-;/m1./s1. The van der Waals surface area contributed by atoms with Crippen LogP contribution in [0.5, 0.6) is 11.5 Å². The quantitative estimate of drug-likeness (QED) is 0.579. The van der Waals surface area contributed by atoms with Crippen LogP contribution in [0, 0.1) is 5.82 Å². The van der Waals surface area contributed by atoms with Gasteiger partial charge in [-0.25, -0.2) is 14.4 Å². The van der Waals surface area contributed by atoms with Crippen molar-refractivity contribution in [2.45, 2.75) is 18.9 Å². The highest BCUT2D eigenvalue weighted by atomic mass is 35.5. The van der Waals surface area contributed by atoms with E-state index >= 15 is 0 Å². The smallest absolute Gasteiger partial charge is 0.165 e. The van der Waals surface area contributed by atoms with Gasteiger partial charge in [-0.15, -0.1) is 12.4 Å². The highest BCUT2D eigenvalue weighted by Crippen LogP contribution is 2.35. The average molecular weight is 439 g/mol. The van der Waals surface area contributed by atoms with Crippen LogP contribution in [0.15, 0.2) is 36.7 Å². The van der Waals surface area contributed by atoms with Crippen LogP contribution in [0.1, 0.15) is 12.8 Å². The molecule has 1 saturated heterocycles. The Morgan fingerprint density at radius 2 is 2.14 bits per heavy atom. The number of anilines is 2. The highest BCUT2D eigenvalue weighted by molar-refractivity contribution is 6.31. The molecule has 1 fully saturated rings. The predicted octanol–water partition coefficient (Wildman–Crippen LogP) is 4.73. The summed E-state index contributed by atoms with van der Waals surface area (Å²) in [5.74, 6) is 1.10. The lowest BCUT2D eigenvalue weighted by Crippen LogP contribution is -2.28. The van der Waals surface area contributed by atoms with Crippen LogP contribution >= 0.6 is 24.0 Å². The summed E-state index contributed by atoms with van der Waals surface area (Å²) in [6.07, 6.45) is 3.64. The van der Waals surface area contributed by atoms with Gasteiger partial charge in [-0.3, -0.25) is 0 Å². The second kappa shape index (κ2) is 9.43. The van der Waals surface area contributed by atoms with Crippen LogP contribution in [0.25, 0.3) is 10.9 Å². The van der Waals surface area contributed by atoms with E-state index in [1.165, 1.54) is 12.4 Å². The molecule has 0 bridgehead atoms. The van der Waals surface area contributed by atoms with Crippen molar-refractivity contribution in [3.63, 3.8) is 0 Å². The molecular weight excluding hydrogens is 418 g/mol. The molecule has 1 aliphatic rings. The maximum absolute atomic E-state index is 14.3. The number of rotatable bonds is 6. The zero-order chi connectivity index (χ0) is 19.5. The van der Waals surface area contributed by atoms with Gasteiger partial charge in [0.25, 0.3) is 0 Å². The Kier molecular flexibility index (Phi) is 6.95. The topological polar surface area (TPSA) is 68.3 Å². The molecule has 29 heavy (non-hydrogen) atoms. The van der Waals surface area contributed by atoms with E-state index in [2.05, 4.69) is 20.6 Å². The Bertz CT molecular complexity index is 1000. The first kappa shape index (κ1) is 21.4. The van der Waals surface area contributed by atoms with Crippen molar-refractivity contribution in [1.82, 2.24) is 15.3 Å². The number of ether oxygens (including phenoxy) is 2. The molecule has 0 unspecified atom stereocenters. The molecule has 0 aliphatic carbocycles. The number of hydrogen-bond acceptors (Lipinski definition) is 6. The van der Waals surface area contributed by atoms with Crippen molar-refractivity contribution in [2.24, 2.45) is 0 Å². The zero-order valence-corrected chi connectivity index (χ0v) is 17.3. The minimum Gasteiger partial charge on any atom is -0.493 e. The lowest BCUT2D eigenvalue weighted by atomic mass is 10.2. The van der Waals surface area contributed by atoms with E-state index in [4.69, 9.17) is 21.1 Å².